The van der Waals surface area contributed by atoms with Crippen molar-refractivity contribution in [2.24, 2.45) is 0 Å². The van der Waals surface area contributed by atoms with Gasteiger partial charge in [-0.3, -0.25) is 19.3 Å². The molecule has 108 valence electrons. The molecule has 1 heterocycles. The topological polar surface area (TPSA) is 74.7 Å². The van der Waals surface area contributed by atoms with Gasteiger partial charge in [0.2, 0.25) is 0 Å². The second-order valence-corrected chi connectivity index (χ2v) is 5.26. The van der Waals surface area contributed by atoms with Crippen LogP contribution < -0.4 is 0 Å². The third kappa shape index (κ3) is 4.06. The maximum Gasteiger partial charge on any atom is 0.305 e. The first-order valence-corrected chi connectivity index (χ1v) is 7.08. The van der Waals surface area contributed by atoms with Crippen LogP contribution in [-0.2, 0) is 9.59 Å². The fourth-order valence-corrected chi connectivity index (χ4v) is 2.54. The molecule has 0 aromatic heterocycles. The molecule has 1 aromatic rings. The van der Waals surface area contributed by atoms with E-state index in [-0.39, 0.29) is 13.0 Å². The van der Waals surface area contributed by atoms with E-state index in [0.29, 0.717) is 4.91 Å². The molecule has 0 unspecified atom stereocenters. The summed E-state index contributed by atoms with van der Waals surface area (Å²) in [5.74, 6) is -1.48. The molecule has 0 atom stereocenters. The Labute approximate surface area is 125 Å². The van der Waals surface area contributed by atoms with Crippen molar-refractivity contribution in [1.29, 1.82) is 0 Å². The molecule has 5 nitrogen and oxygen atoms in total. The van der Waals surface area contributed by atoms with Gasteiger partial charge in [-0.05, 0) is 23.4 Å². The Bertz CT molecular complexity index is 622. The van der Waals surface area contributed by atoms with Crippen molar-refractivity contribution in [2.75, 3.05) is 6.54 Å². The normalized spacial score (nSPS) is 17.1. The summed E-state index contributed by atoms with van der Waals surface area (Å²) >= 11 is 0.823. The number of rotatable bonds is 5. The minimum absolute atomic E-state index is 0.0975. The van der Waals surface area contributed by atoms with E-state index < -0.39 is 17.1 Å². The lowest BCUT2D eigenvalue weighted by atomic mass is 10.2. The van der Waals surface area contributed by atoms with Crippen LogP contribution in [0.3, 0.4) is 0 Å². The zero-order valence-corrected chi connectivity index (χ0v) is 11.9. The van der Waals surface area contributed by atoms with Gasteiger partial charge in [0.05, 0.1) is 11.3 Å². The highest BCUT2D eigenvalue weighted by molar-refractivity contribution is 8.18. The highest BCUT2D eigenvalue weighted by Gasteiger charge is 2.34. The summed E-state index contributed by atoms with van der Waals surface area (Å²) < 4.78 is 0. The number of carbonyl (C=O) groups excluding carboxylic acids is 2. The van der Waals surface area contributed by atoms with Gasteiger partial charge in [-0.25, -0.2) is 0 Å². The molecule has 0 radical (unpaired) electrons. The van der Waals surface area contributed by atoms with Gasteiger partial charge in [0.15, 0.2) is 0 Å². The van der Waals surface area contributed by atoms with Crippen LogP contribution in [0.25, 0.3) is 6.08 Å². The summed E-state index contributed by atoms with van der Waals surface area (Å²) in [7, 11) is 0. The van der Waals surface area contributed by atoms with Gasteiger partial charge in [-0.1, -0.05) is 42.5 Å². The lowest BCUT2D eigenvalue weighted by molar-refractivity contribution is -0.137. The van der Waals surface area contributed by atoms with E-state index in [4.69, 9.17) is 5.11 Å². The Kier molecular flexibility index (Phi) is 4.94. The molecular formula is C15H13NO4S. The van der Waals surface area contributed by atoms with Crippen LogP contribution in [0, 0.1) is 0 Å². The SMILES string of the molecule is O=C(O)CCN1C(=O)S/C(=C/C=C/c2ccccc2)C1=O. The van der Waals surface area contributed by atoms with E-state index in [9.17, 15) is 14.4 Å². The molecule has 0 aliphatic carbocycles. The van der Waals surface area contributed by atoms with Crippen molar-refractivity contribution < 1.29 is 19.5 Å². The molecule has 1 aliphatic rings. The molecule has 1 aliphatic heterocycles. The van der Waals surface area contributed by atoms with Crippen LogP contribution in [-0.4, -0.2) is 33.7 Å². The van der Waals surface area contributed by atoms with Crippen LogP contribution in [0.1, 0.15) is 12.0 Å². The first kappa shape index (κ1) is 15.1. The number of hydrogen-bond donors (Lipinski definition) is 1. The summed E-state index contributed by atoms with van der Waals surface area (Å²) in [5, 5.41) is 8.17. The molecule has 2 amide bonds. The number of aliphatic carboxylic acids is 1. The predicted molar refractivity (Wildman–Crippen MR) is 80.5 cm³/mol. The smallest absolute Gasteiger partial charge is 0.305 e. The van der Waals surface area contributed by atoms with E-state index in [1.54, 1.807) is 12.2 Å². The lowest BCUT2D eigenvalue weighted by Crippen LogP contribution is -2.30. The van der Waals surface area contributed by atoms with Gasteiger partial charge < -0.3 is 5.11 Å². The van der Waals surface area contributed by atoms with Crippen LogP contribution in [0.2, 0.25) is 0 Å². The highest BCUT2D eigenvalue weighted by Crippen LogP contribution is 2.30. The quantitative estimate of drug-likeness (QED) is 0.847. The molecule has 1 N–H and O–H groups in total. The van der Waals surface area contributed by atoms with Crippen LogP contribution >= 0.6 is 11.8 Å². The van der Waals surface area contributed by atoms with Crippen molar-refractivity contribution in [2.45, 2.75) is 6.42 Å². The maximum atomic E-state index is 12.0. The number of imide groups is 1. The maximum absolute atomic E-state index is 12.0. The molecule has 0 spiro atoms. The fourth-order valence-electron chi connectivity index (χ4n) is 1.73. The number of carboxylic acid groups (broad SMARTS) is 1. The third-order valence-electron chi connectivity index (χ3n) is 2.76. The van der Waals surface area contributed by atoms with Crippen molar-refractivity contribution in [3.8, 4) is 0 Å². The molecule has 6 heteroatoms. The summed E-state index contributed by atoms with van der Waals surface area (Å²) in [6.45, 7) is -0.0975. The average Bonchev–Trinajstić information content (AvgIpc) is 2.72. The molecule has 0 saturated carbocycles. The third-order valence-corrected chi connectivity index (χ3v) is 3.68. The Balaban J connectivity index is 2.03. The zero-order chi connectivity index (χ0) is 15.2. The molecule has 21 heavy (non-hydrogen) atoms. The zero-order valence-electron chi connectivity index (χ0n) is 11.1. The molecular weight excluding hydrogens is 290 g/mol. The summed E-state index contributed by atoms with van der Waals surface area (Å²) in [6.07, 6.45) is 4.85. The van der Waals surface area contributed by atoms with E-state index >= 15 is 0 Å². The number of carboxylic acids is 1. The lowest BCUT2D eigenvalue weighted by Gasteiger charge is -2.09. The van der Waals surface area contributed by atoms with Gasteiger partial charge in [0.1, 0.15) is 0 Å². The van der Waals surface area contributed by atoms with Crippen molar-refractivity contribution in [1.82, 2.24) is 4.90 Å². The van der Waals surface area contributed by atoms with Gasteiger partial charge in [0, 0.05) is 6.54 Å². The Morgan fingerprint density at radius 3 is 2.62 bits per heavy atom. The van der Waals surface area contributed by atoms with Crippen LogP contribution in [0.5, 0.6) is 0 Å². The second kappa shape index (κ2) is 6.90. The van der Waals surface area contributed by atoms with Gasteiger partial charge >= 0.3 is 5.97 Å². The largest absolute Gasteiger partial charge is 0.481 e. The number of benzene rings is 1. The first-order valence-electron chi connectivity index (χ1n) is 6.27. The second-order valence-electron chi connectivity index (χ2n) is 4.27. The highest BCUT2D eigenvalue weighted by atomic mass is 32.2. The minimum Gasteiger partial charge on any atom is -0.481 e. The van der Waals surface area contributed by atoms with E-state index in [0.717, 1.165) is 22.2 Å². The average molecular weight is 303 g/mol. The Morgan fingerprint density at radius 1 is 1.24 bits per heavy atom. The molecule has 1 fully saturated rings. The summed E-state index contributed by atoms with van der Waals surface area (Å²) in [5.41, 5.74) is 0.985. The van der Waals surface area contributed by atoms with E-state index in [1.165, 1.54) is 0 Å². The van der Waals surface area contributed by atoms with Crippen LogP contribution in [0.4, 0.5) is 4.79 Å². The van der Waals surface area contributed by atoms with Gasteiger partial charge in [-0.15, -0.1) is 0 Å². The van der Waals surface area contributed by atoms with Crippen molar-refractivity contribution in [3.63, 3.8) is 0 Å². The van der Waals surface area contributed by atoms with Gasteiger partial charge in [0.25, 0.3) is 11.1 Å². The number of hydrogen-bond acceptors (Lipinski definition) is 4. The summed E-state index contributed by atoms with van der Waals surface area (Å²) in [6, 6.07) is 9.55. The van der Waals surface area contributed by atoms with Crippen molar-refractivity contribution in [3.05, 3.63) is 53.0 Å². The predicted octanol–water partition coefficient (Wildman–Crippen LogP) is 2.75. The summed E-state index contributed by atoms with van der Waals surface area (Å²) in [4.78, 5) is 35.4. The Hall–Kier alpha value is -2.34. The number of thioether (sulfide) groups is 1. The number of carbonyl (C=O) groups is 3. The fraction of sp³-hybridized carbons (Fsp3) is 0.133. The van der Waals surface area contributed by atoms with E-state index in [2.05, 4.69) is 0 Å². The number of allylic oxidation sites excluding steroid dienone is 2. The Morgan fingerprint density at radius 2 is 1.95 bits per heavy atom. The molecule has 0 bridgehead atoms. The monoisotopic (exact) mass is 303 g/mol. The van der Waals surface area contributed by atoms with Crippen LogP contribution in [0.15, 0.2) is 47.4 Å². The molecule has 1 saturated heterocycles. The van der Waals surface area contributed by atoms with Gasteiger partial charge in [-0.2, -0.15) is 0 Å². The standard InChI is InChI=1S/C15H13NO4S/c17-13(18)9-10-16-14(19)12(21-15(16)20)8-4-7-11-5-2-1-3-6-11/h1-8H,9-10H2,(H,17,18)/b7-4+,12-8+. The van der Waals surface area contributed by atoms with E-state index in [1.807, 2.05) is 36.4 Å². The van der Waals surface area contributed by atoms with Crippen molar-refractivity contribution >= 4 is 35.0 Å². The number of nitrogens with zero attached hydrogens (tertiary/aromatic N) is 1. The molecule has 2 rings (SSSR count). The first-order chi connectivity index (χ1) is 10.1. The minimum atomic E-state index is -1.04. The number of amides is 2. The molecule has 1 aromatic carbocycles.